The van der Waals surface area contributed by atoms with Crippen LogP contribution in [0.3, 0.4) is 0 Å². The lowest BCUT2D eigenvalue weighted by molar-refractivity contribution is -0.249. The molecule has 0 spiro atoms. The van der Waals surface area contributed by atoms with Gasteiger partial charge in [0, 0.05) is 14.2 Å². The number of hydrogen-bond acceptors (Lipinski definition) is 6. The highest BCUT2D eigenvalue weighted by Gasteiger charge is 2.49. The van der Waals surface area contributed by atoms with Crippen LogP contribution >= 0.6 is 0 Å². The zero-order chi connectivity index (χ0) is 24.8. The van der Waals surface area contributed by atoms with Crippen LogP contribution in [0.25, 0.3) is 0 Å². The minimum atomic E-state index is -1.95. The molecule has 1 heterocycles. The molecule has 0 amide bonds. The van der Waals surface area contributed by atoms with Crippen LogP contribution in [0.1, 0.15) is 46.1 Å². The van der Waals surface area contributed by atoms with Crippen molar-refractivity contribution < 1.29 is 28.1 Å². The Labute approximate surface area is 208 Å². The molecular formula is C27H46O6Si. The van der Waals surface area contributed by atoms with E-state index in [1.807, 2.05) is 18.2 Å². The Morgan fingerprint density at radius 3 is 2.24 bits per heavy atom. The summed E-state index contributed by atoms with van der Waals surface area (Å²) in [5, 5.41) is 0. The molecule has 5 atom stereocenters. The number of unbranched alkanes of at least 4 members (excludes halogenated alkanes) is 1. The second-order valence-electron chi connectivity index (χ2n) is 8.92. The number of methoxy groups -OCH3 is 2. The molecule has 1 saturated heterocycles. The molecule has 2 rings (SSSR count). The van der Waals surface area contributed by atoms with Crippen molar-refractivity contribution in [1.82, 2.24) is 0 Å². The minimum Gasteiger partial charge on any atom is -0.408 e. The van der Waals surface area contributed by atoms with Gasteiger partial charge in [0.15, 0.2) is 8.32 Å². The van der Waals surface area contributed by atoms with Gasteiger partial charge in [-0.05, 0) is 30.1 Å². The van der Waals surface area contributed by atoms with Crippen LogP contribution in [0.4, 0.5) is 0 Å². The third-order valence-electron chi connectivity index (χ3n) is 6.81. The number of rotatable bonds is 16. The molecule has 34 heavy (non-hydrogen) atoms. The first kappa shape index (κ1) is 29.2. The van der Waals surface area contributed by atoms with Gasteiger partial charge in [-0.3, -0.25) is 0 Å². The minimum absolute atomic E-state index is 0.177. The van der Waals surface area contributed by atoms with E-state index in [4.69, 9.17) is 28.1 Å². The van der Waals surface area contributed by atoms with Crippen molar-refractivity contribution >= 4 is 8.32 Å². The van der Waals surface area contributed by atoms with Gasteiger partial charge in [0.2, 0.25) is 0 Å². The Bertz CT molecular complexity index is 673. The number of benzene rings is 1. The van der Waals surface area contributed by atoms with Crippen LogP contribution in [0, 0.1) is 0 Å². The first-order valence-electron chi connectivity index (χ1n) is 12.8. The molecule has 0 bridgehead atoms. The van der Waals surface area contributed by atoms with Crippen LogP contribution in [0.5, 0.6) is 0 Å². The van der Waals surface area contributed by atoms with Crippen LogP contribution in [0.2, 0.25) is 18.1 Å². The van der Waals surface area contributed by atoms with E-state index in [1.54, 1.807) is 14.2 Å². The van der Waals surface area contributed by atoms with Crippen molar-refractivity contribution in [2.45, 2.75) is 95.8 Å². The molecule has 0 aliphatic carbocycles. The highest BCUT2D eigenvalue weighted by Crippen LogP contribution is 2.34. The highest BCUT2D eigenvalue weighted by molar-refractivity contribution is 6.73. The summed E-state index contributed by atoms with van der Waals surface area (Å²) in [6, 6.07) is 13.3. The van der Waals surface area contributed by atoms with Gasteiger partial charge in [-0.25, -0.2) is 0 Å². The van der Waals surface area contributed by atoms with Gasteiger partial charge < -0.3 is 28.1 Å². The Hall–Kier alpha value is -1.06. The van der Waals surface area contributed by atoms with E-state index >= 15 is 0 Å². The summed E-state index contributed by atoms with van der Waals surface area (Å²) >= 11 is 0. The Kier molecular flexibility index (Phi) is 13.6. The largest absolute Gasteiger partial charge is 0.408 e. The second kappa shape index (κ2) is 15.8. The van der Waals surface area contributed by atoms with Gasteiger partial charge >= 0.3 is 0 Å². The fourth-order valence-corrected chi connectivity index (χ4v) is 7.39. The molecule has 5 unspecified atom stereocenters. The molecule has 0 saturated carbocycles. The predicted octanol–water partition coefficient (Wildman–Crippen LogP) is 5.72. The van der Waals surface area contributed by atoms with E-state index in [2.05, 4.69) is 52.0 Å². The van der Waals surface area contributed by atoms with Crippen molar-refractivity contribution in [3.63, 3.8) is 0 Å². The molecule has 7 heteroatoms. The van der Waals surface area contributed by atoms with Gasteiger partial charge in [-0.15, -0.1) is 0 Å². The fourth-order valence-electron chi connectivity index (χ4n) is 4.54. The zero-order valence-corrected chi connectivity index (χ0v) is 23.0. The number of hydrogen-bond donors (Lipinski definition) is 0. The summed E-state index contributed by atoms with van der Waals surface area (Å²) in [6.07, 6.45) is 4.94. The summed E-state index contributed by atoms with van der Waals surface area (Å²) in [4.78, 5) is 0. The normalized spacial score (nSPS) is 25.8. The van der Waals surface area contributed by atoms with Crippen molar-refractivity contribution in [3.8, 4) is 0 Å². The van der Waals surface area contributed by atoms with Gasteiger partial charge in [0.25, 0.3) is 0 Å². The SMILES string of the molecule is CCC/C=C/C1OC(COCc2ccccc2)C(OC)C(O[Si](CC)(CC)CC)C1OCOC. The average molecular weight is 495 g/mol. The van der Waals surface area contributed by atoms with Gasteiger partial charge in [-0.1, -0.05) is 76.6 Å². The molecule has 0 radical (unpaired) electrons. The van der Waals surface area contributed by atoms with E-state index < -0.39 is 8.32 Å². The lowest BCUT2D eigenvalue weighted by atomic mass is 9.94. The summed E-state index contributed by atoms with van der Waals surface area (Å²) in [5.41, 5.74) is 1.13. The average Bonchev–Trinajstić information content (AvgIpc) is 2.87. The summed E-state index contributed by atoms with van der Waals surface area (Å²) < 4.78 is 37.2. The molecule has 1 aliphatic rings. The van der Waals surface area contributed by atoms with Crippen LogP contribution in [0.15, 0.2) is 42.5 Å². The maximum absolute atomic E-state index is 7.04. The molecule has 1 fully saturated rings. The first-order chi connectivity index (χ1) is 16.6. The van der Waals surface area contributed by atoms with E-state index in [-0.39, 0.29) is 37.3 Å². The topological polar surface area (TPSA) is 55.4 Å². The molecule has 1 aromatic carbocycles. The molecule has 6 nitrogen and oxygen atoms in total. The molecule has 0 N–H and O–H groups in total. The lowest BCUT2D eigenvalue weighted by Crippen LogP contribution is -2.63. The predicted molar refractivity (Wildman–Crippen MR) is 138 cm³/mol. The molecule has 0 aromatic heterocycles. The van der Waals surface area contributed by atoms with Gasteiger partial charge in [0.05, 0.1) is 13.2 Å². The van der Waals surface area contributed by atoms with Gasteiger partial charge in [0.1, 0.15) is 37.3 Å². The fraction of sp³-hybridized carbons (Fsp3) is 0.704. The van der Waals surface area contributed by atoms with Crippen molar-refractivity contribution in [3.05, 3.63) is 48.0 Å². The highest BCUT2D eigenvalue weighted by atomic mass is 28.4. The van der Waals surface area contributed by atoms with E-state index in [0.29, 0.717) is 13.2 Å². The van der Waals surface area contributed by atoms with Crippen molar-refractivity contribution in [2.75, 3.05) is 27.6 Å². The second-order valence-corrected chi connectivity index (χ2v) is 13.6. The van der Waals surface area contributed by atoms with Crippen molar-refractivity contribution in [2.24, 2.45) is 0 Å². The number of ether oxygens (including phenoxy) is 5. The third-order valence-corrected chi connectivity index (χ3v) is 11.5. The zero-order valence-electron chi connectivity index (χ0n) is 22.0. The van der Waals surface area contributed by atoms with Crippen molar-refractivity contribution in [1.29, 1.82) is 0 Å². The molecule has 194 valence electrons. The standard InChI is InChI=1S/C27H46O6Si/c1-7-11-13-18-23-26(31-21-28-5)27(33-34(8-2,9-3)10-4)25(29-6)24(32-23)20-30-19-22-16-14-12-15-17-22/h12-18,23-27H,7-11,19-21H2,1-6H3/b18-13+. The summed E-state index contributed by atoms with van der Waals surface area (Å²) in [6.45, 7) is 10.0. The lowest BCUT2D eigenvalue weighted by Gasteiger charge is -2.48. The Morgan fingerprint density at radius 2 is 1.65 bits per heavy atom. The van der Waals surface area contributed by atoms with E-state index in [1.165, 1.54) is 0 Å². The Balaban J connectivity index is 2.30. The molecular weight excluding hydrogens is 448 g/mol. The smallest absolute Gasteiger partial charge is 0.192 e. The maximum Gasteiger partial charge on any atom is 0.192 e. The van der Waals surface area contributed by atoms with Crippen LogP contribution < -0.4 is 0 Å². The first-order valence-corrected chi connectivity index (χ1v) is 15.4. The number of allylic oxidation sites excluding steroid dienone is 1. The summed E-state index contributed by atoms with van der Waals surface area (Å²) in [5.74, 6) is 0. The molecule has 1 aromatic rings. The third kappa shape index (κ3) is 8.26. The van der Waals surface area contributed by atoms with Gasteiger partial charge in [-0.2, -0.15) is 0 Å². The monoisotopic (exact) mass is 494 g/mol. The van der Waals surface area contributed by atoms with E-state index in [0.717, 1.165) is 36.5 Å². The quantitative estimate of drug-likeness (QED) is 0.166. The summed E-state index contributed by atoms with van der Waals surface area (Å²) in [7, 11) is 1.42. The maximum atomic E-state index is 7.04. The molecule has 1 aliphatic heterocycles. The van der Waals surface area contributed by atoms with Crippen LogP contribution in [-0.4, -0.2) is 66.5 Å². The van der Waals surface area contributed by atoms with Crippen LogP contribution in [-0.2, 0) is 34.7 Å². The van der Waals surface area contributed by atoms with E-state index in [9.17, 15) is 0 Å². The Morgan fingerprint density at radius 1 is 0.941 bits per heavy atom.